The number of hydrogen-bond donors (Lipinski definition) is 2. The molecule has 5 nitrogen and oxygen atoms in total. The van der Waals surface area contributed by atoms with Crippen LogP contribution < -0.4 is 5.32 Å². The van der Waals surface area contributed by atoms with Crippen LogP contribution in [0, 0.1) is 5.82 Å². The van der Waals surface area contributed by atoms with Gasteiger partial charge in [-0.25, -0.2) is 4.39 Å². The van der Waals surface area contributed by atoms with E-state index in [9.17, 15) is 9.18 Å². The van der Waals surface area contributed by atoms with Crippen LogP contribution in [0.3, 0.4) is 0 Å². The van der Waals surface area contributed by atoms with Crippen molar-refractivity contribution in [1.82, 2.24) is 15.1 Å². The summed E-state index contributed by atoms with van der Waals surface area (Å²) in [5.41, 5.74) is 1.67. The van der Waals surface area contributed by atoms with Crippen molar-refractivity contribution in [1.29, 1.82) is 0 Å². The Morgan fingerprint density at radius 3 is 3.18 bits per heavy atom. The van der Waals surface area contributed by atoms with Crippen molar-refractivity contribution < 1.29 is 9.18 Å². The Kier molecular flexibility index (Phi) is 4.48. The summed E-state index contributed by atoms with van der Waals surface area (Å²) in [7, 11) is 0. The van der Waals surface area contributed by atoms with E-state index >= 15 is 0 Å². The molecule has 1 aromatic carbocycles. The lowest BCUT2D eigenvalue weighted by molar-refractivity contribution is -0.116. The van der Waals surface area contributed by atoms with E-state index in [1.807, 2.05) is 12.4 Å². The first kappa shape index (κ1) is 14.7. The van der Waals surface area contributed by atoms with Crippen molar-refractivity contribution in [3.05, 3.63) is 48.0 Å². The van der Waals surface area contributed by atoms with E-state index in [1.54, 1.807) is 12.1 Å². The minimum atomic E-state index is -0.350. The first-order chi connectivity index (χ1) is 10.7. The number of nitrogens with zero attached hydrogens (tertiary/aromatic N) is 2. The molecule has 0 saturated carbocycles. The third kappa shape index (κ3) is 3.51. The molecule has 1 aromatic heterocycles. The number of benzene rings is 1. The zero-order chi connectivity index (χ0) is 15.4. The minimum Gasteiger partial charge on any atom is -0.326 e. The fraction of sp³-hybridized carbons (Fsp3) is 0.375. The molecule has 0 bridgehead atoms. The second kappa shape index (κ2) is 6.70. The largest absolute Gasteiger partial charge is 0.326 e. The molecule has 1 unspecified atom stereocenters. The van der Waals surface area contributed by atoms with Gasteiger partial charge < -0.3 is 5.32 Å². The van der Waals surface area contributed by atoms with Gasteiger partial charge >= 0.3 is 0 Å². The molecule has 0 spiro atoms. The maximum Gasteiger partial charge on any atom is 0.225 e. The summed E-state index contributed by atoms with van der Waals surface area (Å²) < 4.78 is 13.1. The number of hydrogen-bond acceptors (Lipinski definition) is 3. The topological polar surface area (TPSA) is 61.0 Å². The third-order valence-electron chi connectivity index (χ3n) is 4.00. The molecule has 1 aliphatic heterocycles. The van der Waals surface area contributed by atoms with Crippen LogP contribution in [0.4, 0.5) is 10.1 Å². The molecular weight excluding hydrogens is 283 g/mol. The van der Waals surface area contributed by atoms with Crippen molar-refractivity contribution in [3.8, 4) is 0 Å². The van der Waals surface area contributed by atoms with Gasteiger partial charge in [-0.05, 0) is 37.6 Å². The van der Waals surface area contributed by atoms with Gasteiger partial charge in [-0.15, -0.1) is 0 Å². The number of aromatic nitrogens is 2. The predicted octanol–water partition coefficient (Wildman–Crippen LogP) is 2.71. The Bertz CT molecular complexity index is 629. The summed E-state index contributed by atoms with van der Waals surface area (Å²) in [6.07, 6.45) is 6.36. The SMILES string of the molecule is O=C(CCN1CCCC1c1cn[nH]c1)Nc1cccc(F)c1. The molecule has 1 atom stereocenters. The molecule has 2 aromatic rings. The van der Waals surface area contributed by atoms with Crippen LogP contribution in [0.15, 0.2) is 36.7 Å². The van der Waals surface area contributed by atoms with Crippen LogP contribution >= 0.6 is 0 Å². The number of likely N-dealkylation sites (tertiary alicyclic amines) is 1. The molecule has 3 rings (SSSR count). The van der Waals surface area contributed by atoms with Gasteiger partial charge in [0.2, 0.25) is 5.91 Å². The highest BCUT2D eigenvalue weighted by atomic mass is 19.1. The van der Waals surface area contributed by atoms with Gasteiger partial charge in [0.1, 0.15) is 5.82 Å². The highest BCUT2D eigenvalue weighted by Crippen LogP contribution is 2.31. The van der Waals surface area contributed by atoms with E-state index in [1.165, 1.54) is 17.7 Å². The number of H-pyrrole nitrogens is 1. The Hall–Kier alpha value is -2.21. The molecule has 2 heterocycles. The molecule has 1 aliphatic rings. The van der Waals surface area contributed by atoms with Gasteiger partial charge in [0.15, 0.2) is 0 Å². The molecular formula is C16H19FN4O. The molecule has 1 fully saturated rings. The number of carbonyl (C=O) groups is 1. The Morgan fingerprint density at radius 1 is 1.50 bits per heavy atom. The summed E-state index contributed by atoms with van der Waals surface area (Å²) in [4.78, 5) is 14.3. The van der Waals surface area contributed by atoms with Crippen LogP contribution in [-0.4, -0.2) is 34.1 Å². The predicted molar refractivity (Wildman–Crippen MR) is 81.8 cm³/mol. The Labute approximate surface area is 128 Å². The lowest BCUT2D eigenvalue weighted by atomic mass is 10.1. The highest BCUT2D eigenvalue weighted by Gasteiger charge is 2.26. The van der Waals surface area contributed by atoms with Gasteiger partial charge in [-0.2, -0.15) is 5.10 Å². The van der Waals surface area contributed by atoms with Crippen molar-refractivity contribution in [2.75, 3.05) is 18.4 Å². The third-order valence-corrected chi connectivity index (χ3v) is 4.00. The summed E-state index contributed by atoms with van der Waals surface area (Å²) in [6.45, 7) is 1.68. The molecule has 0 aliphatic carbocycles. The molecule has 0 radical (unpaired) electrons. The average molecular weight is 302 g/mol. The normalized spacial score (nSPS) is 18.5. The second-order valence-electron chi connectivity index (χ2n) is 5.53. The molecule has 116 valence electrons. The Morgan fingerprint density at radius 2 is 2.41 bits per heavy atom. The van der Waals surface area contributed by atoms with Crippen LogP contribution in [0.5, 0.6) is 0 Å². The number of halogens is 1. The van der Waals surface area contributed by atoms with Crippen molar-refractivity contribution in [3.63, 3.8) is 0 Å². The molecule has 6 heteroatoms. The smallest absolute Gasteiger partial charge is 0.225 e. The standard InChI is InChI=1S/C16H19FN4O/c17-13-3-1-4-14(9-13)20-16(22)6-8-21-7-2-5-15(21)12-10-18-19-11-12/h1,3-4,9-11,15H,2,5-8H2,(H,18,19)(H,20,22). The number of rotatable bonds is 5. The number of nitrogens with one attached hydrogen (secondary N) is 2. The quantitative estimate of drug-likeness (QED) is 0.892. The first-order valence-corrected chi connectivity index (χ1v) is 7.50. The van der Waals surface area contributed by atoms with Crippen LogP contribution in [0.2, 0.25) is 0 Å². The van der Waals surface area contributed by atoms with Crippen LogP contribution in [0.25, 0.3) is 0 Å². The van der Waals surface area contributed by atoms with E-state index in [0.717, 1.165) is 19.4 Å². The number of carbonyl (C=O) groups excluding carboxylic acids is 1. The van der Waals surface area contributed by atoms with E-state index in [0.29, 0.717) is 24.7 Å². The van der Waals surface area contributed by atoms with E-state index in [4.69, 9.17) is 0 Å². The number of anilines is 1. The second-order valence-corrected chi connectivity index (χ2v) is 5.53. The summed E-state index contributed by atoms with van der Waals surface area (Å²) >= 11 is 0. The van der Waals surface area contributed by atoms with Crippen molar-refractivity contribution in [2.24, 2.45) is 0 Å². The van der Waals surface area contributed by atoms with Crippen molar-refractivity contribution >= 4 is 11.6 Å². The molecule has 2 N–H and O–H groups in total. The summed E-state index contributed by atoms with van der Waals surface area (Å²) in [5, 5.41) is 9.56. The number of amides is 1. The van der Waals surface area contributed by atoms with Crippen LogP contribution in [0.1, 0.15) is 30.9 Å². The monoisotopic (exact) mass is 302 g/mol. The fourth-order valence-electron chi connectivity index (χ4n) is 2.95. The lowest BCUT2D eigenvalue weighted by Crippen LogP contribution is -2.27. The summed E-state index contributed by atoms with van der Waals surface area (Å²) in [5.74, 6) is -0.444. The average Bonchev–Trinajstić information content (AvgIpc) is 3.16. The zero-order valence-corrected chi connectivity index (χ0v) is 12.3. The van der Waals surface area contributed by atoms with Gasteiger partial charge in [0, 0.05) is 36.5 Å². The first-order valence-electron chi connectivity index (χ1n) is 7.50. The minimum absolute atomic E-state index is 0.0940. The molecule has 1 amide bonds. The van der Waals surface area contributed by atoms with Crippen molar-refractivity contribution in [2.45, 2.75) is 25.3 Å². The highest BCUT2D eigenvalue weighted by molar-refractivity contribution is 5.90. The van der Waals surface area contributed by atoms with Gasteiger partial charge in [-0.1, -0.05) is 6.07 Å². The molecule has 22 heavy (non-hydrogen) atoms. The number of aromatic amines is 1. The fourth-order valence-corrected chi connectivity index (χ4v) is 2.95. The van der Waals surface area contributed by atoms with Gasteiger partial charge in [0.25, 0.3) is 0 Å². The van der Waals surface area contributed by atoms with Gasteiger partial charge in [0.05, 0.1) is 6.20 Å². The zero-order valence-electron chi connectivity index (χ0n) is 12.3. The lowest BCUT2D eigenvalue weighted by Gasteiger charge is -2.23. The van der Waals surface area contributed by atoms with E-state index < -0.39 is 0 Å². The van der Waals surface area contributed by atoms with E-state index in [2.05, 4.69) is 20.4 Å². The maximum atomic E-state index is 13.1. The van der Waals surface area contributed by atoms with E-state index in [-0.39, 0.29) is 11.7 Å². The Balaban J connectivity index is 1.52. The maximum absolute atomic E-state index is 13.1. The van der Waals surface area contributed by atoms with Crippen LogP contribution in [-0.2, 0) is 4.79 Å². The van der Waals surface area contributed by atoms with Gasteiger partial charge in [-0.3, -0.25) is 14.8 Å². The summed E-state index contributed by atoms with van der Waals surface area (Å²) in [6, 6.07) is 6.28. The molecule has 1 saturated heterocycles.